The van der Waals surface area contributed by atoms with Crippen LogP contribution in [0.1, 0.15) is 37.7 Å². The van der Waals surface area contributed by atoms with E-state index in [4.69, 9.17) is 4.74 Å². The second-order valence-electron chi connectivity index (χ2n) is 7.75. The summed E-state index contributed by atoms with van der Waals surface area (Å²) in [7, 11) is 1.74. The highest BCUT2D eigenvalue weighted by molar-refractivity contribution is 5.85. The molecule has 2 aliphatic rings. The molecule has 1 saturated carbocycles. The zero-order chi connectivity index (χ0) is 18.7. The first kappa shape index (κ1) is 23.8. The largest absolute Gasteiger partial charge is 0.497 e. The zero-order valence-corrected chi connectivity index (χ0v) is 18.6. The molecule has 0 unspecified atom stereocenters. The summed E-state index contributed by atoms with van der Waals surface area (Å²) in [5.41, 5.74) is 2.20. The van der Waals surface area contributed by atoms with Crippen LogP contribution in [-0.2, 0) is 5.54 Å². The van der Waals surface area contributed by atoms with Crippen molar-refractivity contribution in [3.05, 3.63) is 59.9 Å². The second-order valence-corrected chi connectivity index (χ2v) is 7.75. The quantitative estimate of drug-likeness (QED) is 0.609. The van der Waals surface area contributed by atoms with E-state index in [1.807, 2.05) is 18.2 Å². The van der Waals surface area contributed by atoms with Crippen LogP contribution in [0.15, 0.2) is 48.5 Å². The molecule has 0 spiro atoms. The van der Waals surface area contributed by atoms with E-state index in [-0.39, 0.29) is 36.2 Å². The van der Waals surface area contributed by atoms with E-state index in [1.54, 1.807) is 19.2 Å². The molecule has 6 heteroatoms. The predicted molar refractivity (Wildman–Crippen MR) is 122 cm³/mol. The van der Waals surface area contributed by atoms with Crippen LogP contribution in [0.3, 0.4) is 0 Å². The maximum absolute atomic E-state index is 14.2. The fourth-order valence-corrected chi connectivity index (χ4v) is 4.92. The minimum Gasteiger partial charge on any atom is -0.497 e. The Morgan fingerprint density at radius 1 is 0.862 bits per heavy atom. The molecule has 2 aromatic rings. The fourth-order valence-electron chi connectivity index (χ4n) is 4.92. The first-order valence-corrected chi connectivity index (χ1v) is 10.1. The van der Waals surface area contributed by atoms with E-state index in [1.165, 1.54) is 37.7 Å². The van der Waals surface area contributed by atoms with Crippen molar-refractivity contribution < 1.29 is 9.13 Å². The van der Waals surface area contributed by atoms with Crippen molar-refractivity contribution in [1.82, 2.24) is 4.90 Å². The van der Waals surface area contributed by atoms with E-state index in [0.717, 1.165) is 37.6 Å². The molecule has 1 saturated heterocycles. The van der Waals surface area contributed by atoms with Crippen LogP contribution in [0, 0.1) is 5.82 Å². The number of nitrogens with zero attached hydrogens (tertiary/aromatic N) is 2. The van der Waals surface area contributed by atoms with Crippen molar-refractivity contribution in [2.75, 3.05) is 38.2 Å². The Bertz CT molecular complexity index is 775. The molecule has 1 aliphatic carbocycles. The van der Waals surface area contributed by atoms with Crippen LogP contribution in [0.4, 0.5) is 10.1 Å². The second kappa shape index (κ2) is 10.5. The predicted octanol–water partition coefficient (Wildman–Crippen LogP) is 5.66. The van der Waals surface area contributed by atoms with Crippen LogP contribution in [0.2, 0.25) is 0 Å². The summed E-state index contributed by atoms with van der Waals surface area (Å²) in [5.74, 6) is 0.813. The number of benzene rings is 2. The van der Waals surface area contributed by atoms with Gasteiger partial charge >= 0.3 is 0 Å². The van der Waals surface area contributed by atoms with Gasteiger partial charge < -0.3 is 9.64 Å². The highest BCUT2D eigenvalue weighted by atomic mass is 35.5. The first-order chi connectivity index (χ1) is 13.2. The molecule has 0 amide bonds. The summed E-state index contributed by atoms with van der Waals surface area (Å²) in [5, 5.41) is 0. The Kier molecular flexibility index (Phi) is 8.62. The Labute approximate surface area is 186 Å². The van der Waals surface area contributed by atoms with Gasteiger partial charge in [0.25, 0.3) is 0 Å². The molecule has 3 nitrogen and oxygen atoms in total. The fraction of sp³-hybridized carbons (Fsp3) is 0.478. The molecule has 1 aliphatic heterocycles. The summed E-state index contributed by atoms with van der Waals surface area (Å²) in [4.78, 5) is 4.84. The lowest BCUT2D eigenvalue weighted by Gasteiger charge is -2.50. The highest BCUT2D eigenvalue weighted by Crippen LogP contribution is 2.43. The zero-order valence-electron chi connectivity index (χ0n) is 17.0. The van der Waals surface area contributed by atoms with E-state index >= 15 is 0 Å². The van der Waals surface area contributed by atoms with Gasteiger partial charge in [-0.15, -0.1) is 24.8 Å². The molecule has 1 heterocycles. The molecule has 0 atom stereocenters. The Morgan fingerprint density at radius 2 is 1.55 bits per heavy atom. The smallest absolute Gasteiger partial charge is 0.146 e. The molecule has 0 bridgehead atoms. The van der Waals surface area contributed by atoms with Crippen LogP contribution in [-0.4, -0.2) is 38.2 Å². The van der Waals surface area contributed by atoms with Crippen molar-refractivity contribution in [2.24, 2.45) is 0 Å². The van der Waals surface area contributed by atoms with Gasteiger partial charge in [-0.05, 0) is 42.7 Å². The number of piperazine rings is 1. The summed E-state index contributed by atoms with van der Waals surface area (Å²) in [6.07, 6.45) is 6.25. The lowest BCUT2D eigenvalue weighted by atomic mass is 9.75. The lowest BCUT2D eigenvalue weighted by Crippen LogP contribution is -2.56. The van der Waals surface area contributed by atoms with E-state index in [2.05, 4.69) is 28.0 Å². The average Bonchev–Trinajstić information content (AvgIpc) is 2.75. The number of anilines is 1. The first-order valence-electron chi connectivity index (χ1n) is 10.1. The van der Waals surface area contributed by atoms with Crippen LogP contribution in [0.5, 0.6) is 5.75 Å². The number of ether oxygens (including phenoxy) is 1. The van der Waals surface area contributed by atoms with Crippen molar-refractivity contribution in [3.8, 4) is 5.75 Å². The maximum Gasteiger partial charge on any atom is 0.146 e. The lowest BCUT2D eigenvalue weighted by molar-refractivity contribution is 0.0414. The molecule has 29 heavy (non-hydrogen) atoms. The minimum absolute atomic E-state index is 0. The SMILES string of the molecule is COc1cccc(C2(N3CCN(c4ccccc4F)CC3)CCCCC2)c1.Cl.Cl. The minimum atomic E-state index is -0.119. The Morgan fingerprint density at radius 3 is 2.21 bits per heavy atom. The number of halogens is 3. The molecule has 2 aromatic carbocycles. The topological polar surface area (TPSA) is 15.7 Å². The number of methoxy groups -OCH3 is 1. The highest BCUT2D eigenvalue weighted by Gasteiger charge is 2.41. The van der Waals surface area contributed by atoms with Crippen molar-refractivity contribution >= 4 is 30.5 Å². The van der Waals surface area contributed by atoms with Crippen molar-refractivity contribution in [2.45, 2.75) is 37.6 Å². The van der Waals surface area contributed by atoms with Crippen molar-refractivity contribution in [1.29, 1.82) is 0 Å². The molecular weight excluding hydrogens is 410 g/mol. The van der Waals surface area contributed by atoms with Gasteiger partial charge in [0, 0.05) is 31.7 Å². The van der Waals surface area contributed by atoms with Gasteiger partial charge in [-0.3, -0.25) is 4.90 Å². The number of para-hydroxylation sites is 1. The van der Waals surface area contributed by atoms with Crippen LogP contribution < -0.4 is 9.64 Å². The van der Waals surface area contributed by atoms with Gasteiger partial charge in [0.05, 0.1) is 12.8 Å². The third-order valence-electron chi connectivity index (χ3n) is 6.37. The molecule has 0 radical (unpaired) electrons. The maximum atomic E-state index is 14.2. The molecule has 2 fully saturated rings. The van der Waals surface area contributed by atoms with Gasteiger partial charge in [-0.1, -0.05) is 43.5 Å². The van der Waals surface area contributed by atoms with Crippen molar-refractivity contribution in [3.63, 3.8) is 0 Å². The third kappa shape index (κ3) is 4.82. The van der Waals surface area contributed by atoms with Crippen LogP contribution >= 0.6 is 24.8 Å². The van der Waals surface area contributed by atoms with E-state index in [0.29, 0.717) is 0 Å². The number of hydrogen-bond acceptors (Lipinski definition) is 3. The summed E-state index contributed by atoms with van der Waals surface area (Å²) >= 11 is 0. The summed E-state index contributed by atoms with van der Waals surface area (Å²) < 4.78 is 19.7. The van der Waals surface area contributed by atoms with Gasteiger partial charge in [0.2, 0.25) is 0 Å². The Hall–Kier alpha value is -1.49. The van der Waals surface area contributed by atoms with Gasteiger partial charge in [0.1, 0.15) is 11.6 Å². The Balaban J connectivity index is 0.00000150. The molecular formula is C23H31Cl2FN2O. The average molecular weight is 441 g/mol. The standard InChI is InChI=1S/C23H29FN2O.2ClH/c1-27-20-9-7-8-19(18-20)23(12-5-2-6-13-23)26-16-14-25(15-17-26)22-11-4-3-10-21(22)24;;/h3-4,7-11,18H,2,5-6,12-17H2,1H3;2*1H. The van der Waals surface area contributed by atoms with E-state index in [9.17, 15) is 4.39 Å². The molecule has 0 N–H and O–H groups in total. The van der Waals surface area contributed by atoms with Gasteiger partial charge in [0.15, 0.2) is 0 Å². The molecule has 160 valence electrons. The number of rotatable bonds is 4. The molecule has 0 aromatic heterocycles. The normalized spacial score (nSPS) is 19.0. The number of hydrogen-bond donors (Lipinski definition) is 0. The summed E-state index contributed by atoms with van der Waals surface area (Å²) in [6, 6.07) is 15.7. The van der Waals surface area contributed by atoms with Gasteiger partial charge in [-0.2, -0.15) is 0 Å². The van der Waals surface area contributed by atoms with E-state index < -0.39 is 0 Å². The molecule has 4 rings (SSSR count). The summed E-state index contributed by atoms with van der Waals surface area (Å²) in [6.45, 7) is 3.66. The van der Waals surface area contributed by atoms with Gasteiger partial charge in [-0.25, -0.2) is 4.39 Å². The third-order valence-corrected chi connectivity index (χ3v) is 6.37. The monoisotopic (exact) mass is 440 g/mol. The van der Waals surface area contributed by atoms with Crippen LogP contribution in [0.25, 0.3) is 0 Å².